The molecule has 0 aromatic carbocycles. The van der Waals surface area contributed by atoms with Gasteiger partial charge < -0.3 is 15.8 Å². The molecule has 1 atom stereocenters. The standard InChI is InChI=1S/C13H20ClN3O2/c1-13(2,3)19-12(18)17-8-10(15)7-11-6-9(14)4-5-16-11/h4-6,10H,7-8,15H2,1-3H3,(H,17,18). The zero-order chi connectivity index (χ0) is 14.5. The molecule has 1 amide bonds. The number of hydrogen-bond acceptors (Lipinski definition) is 4. The van der Waals surface area contributed by atoms with Gasteiger partial charge in [0.05, 0.1) is 0 Å². The van der Waals surface area contributed by atoms with Crippen LogP contribution in [-0.4, -0.2) is 29.3 Å². The van der Waals surface area contributed by atoms with Crippen molar-refractivity contribution in [3.63, 3.8) is 0 Å². The number of pyridine rings is 1. The van der Waals surface area contributed by atoms with Gasteiger partial charge in [-0.05, 0) is 32.9 Å². The molecule has 0 fully saturated rings. The number of rotatable bonds is 4. The first-order valence-electron chi connectivity index (χ1n) is 6.09. The summed E-state index contributed by atoms with van der Waals surface area (Å²) in [4.78, 5) is 15.6. The van der Waals surface area contributed by atoms with E-state index in [1.54, 1.807) is 18.3 Å². The SMILES string of the molecule is CC(C)(C)OC(=O)NCC(N)Cc1cc(Cl)ccn1. The molecule has 0 bridgehead atoms. The van der Waals surface area contributed by atoms with E-state index in [0.29, 0.717) is 18.0 Å². The van der Waals surface area contributed by atoms with E-state index in [9.17, 15) is 4.79 Å². The zero-order valence-corrected chi connectivity index (χ0v) is 12.2. The van der Waals surface area contributed by atoms with Gasteiger partial charge in [-0.3, -0.25) is 4.98 Å². The van der Waals surface area contributed by atoms with E-state index in [2.05, 4.69) is 10.3 Å². The predicted molar refractivity (Wildman–Crippen MR) is 75.2 cm³/mol. The zero-order valence-electron chi connectivity index (χ0n) is 11.4. The van der Waals surface area contributed by atoms with Crippen LogP contribution in [0, 0.1) is 0 Å². The Morgan fingerprint density at radius 2 is 2.26 bits per heavy atom. The molecule has 0 aliphatic heterocycles. The lowest BCUT2D eigenvalue weighted by molar-refractivity contribution is 0.0524. The fraction of sp³-hybridized carbons (Fsp3) is 0.538. The second-order valence-corrected chi connectivity index (χ2v) is 5.75. The Morgan fingerprint density at radius 1 is 1.58 bits per heavy atom. The molecule has 106 valence electrons. The van der Waals surface area contributed by atoms with Crippen LogP contribution in [0.2, 0.25) is 5.02 Å². The minimum absolute atomic E-state index is 0.238. The normalized spacial score (nSPS) is 12.9. The Hall–Kier alpha value is -1.33. The van der Waals surface area contributed by atoms with Crippen molar-refractivity contribution >= 4 is 17.7 Å². The van der Waals surface area contributed by atoms with Crippen molar-refractivity contribution in [3.05, 3.63) is 29.0 Å². The number of hydrogen-bond donors (Lipinski definition) is 2. The van der Waals surface area contributed by atoms with Gasteiger partial charge in [0.1, 0.15) is 5.60 Å². The number of carbonyl (C=O) groups is 1. The van der Waals surface area contributed by atoms with Crippen LogP contribution in [0.25, 0.3) is 0 Å². The minimum Gasteiger partial charge on any atom is -0.444 e. The number of carbonyl (C=O) groups excluding carboxylic acids is 1. The highest BCUT2D eigenvalue weighted by Crippen LogP contribution is 2.09. The maximum Gasteiger partial charge on any atom is 0.407 e. The summed E-state index contributed by atoms with van der Waals surface area (Å²) >= 11 is 5.86. The van der Waals surface area contributed by atoms with Gasteiger partial charge in [-0.25, -0.2) is 4.79 Å². The molecule has 0 spiro atoms. The Kier molecular flexibility index (Phi) is 5.57. The summed E-state index contributed by atoms with van der Waals surface area (Å²) in [6.45, 7) is 5.75. The van der Waals surface area contributed by atoms with Gasteiger partial charge in [0, 0.05) is 35.9 Å². The molecule has 1 aromatic rings. The number of amides is 1. The van der Waals surface area contributed by atoms with E-state index >= 15 is 0 Å². The van der Waals surface area contributed by atoms with E-state index in [1.165, 1.54) is 0 Å². The van der Waals surface area contributed by atoms with Gasteiger partial charge in [-0.2, -0.15) is 0 Å². The van der Waals surface area contributed by atoms with E-state index in [0.717, 1.165) is 5.69 Å². The van der Waals surface area contributed by atoms with Crippen molar-refractivity contribution < 1.29 is 9.53 Å². The van der Waals surface area contributed by atoms with Gasteiger partial charge >= 0.3 is 6.09 Å². The fourth-order valence-electron chi connectivity index (χ4n) is 1.43. The Labute approximate surface area is 118 Å². The molecule has 0 saturated carbocycles. The fourth-order valence-corrected chi connectivity index (χ4v) is 1.61. The van der Waals surface area contributed by atoms with Crippen molar-refractivity contribution in [2.45, 2.75) is 38.8 Å². The van der Waals surface area contributed by atoms with Crippen LogP contribution < -0.4 is 11.1 Å². The smallest absolute Gasteiger partial charge is 0.407 e. The van der Waals surface area contributed by atoms with E-state index < -0.39 is 11.7 Å². The summed E-state index contributed by atoms with van der Waals surface area (Å²) in [5, 5.41) is 3.25. The first-order chi connectivity index (χ1) is 8.76. The van der Waals surface area contributed by atoms with Crippen molar-refractivity contribution in [2.75, 3.05) is 6.54 Å². The molecule has 1 heterocycles. The van der Waals surface area contributed by atoms with Gasteiger partial charge in [-0.1, -0.05) is 11.6 Å². The molecule has 1 aromatic heterocycles. The Bertz CT molecular complexity index is 432. The summed E-state index contributed by atoms with van der Waals surface area (Å²) in [6.07, 6.45) is 1.70. The predicted octanol–water partition coefficient (Wildman–Crippen LogP) is 2.13. The molecule has 3 N–H and O–H groups in total. The van der Waals surface area contributed by atoms with Gasteiger partial charge in [0.2, 0.25) is 0 Å². The molecule has 1 unspecified atom stereocenters. The summed E-state index contributed by atoms with van der Waals surface area (Å²) in [5.41, 5.74) is 6.20. The van der Waals surface area contributed by atoms with Gasteiger partial charge in [0.15, 0.2) is 0 Å². The quantitative estimate of drug-likeness (QED) is 0.888. The molecule has 0 aliphatic rings. The van der Waals surface area contributed by atoms with Crippen LogP contribution in [0.5, 0.6) is 0 Å². The number of nitrogens with two attached hydrogens (primary N) is 1. The van der Waals surface area contributed by atoms with E-state index in [-0.39, 0.29) is 6.04 Å². The highest BCUT2D eigenvalue weighted by Gasteiger charge is 2.16. The Balaban J connectivity index is 2.36. The van der Waals surface area contributed by atoms with Gasteiger partial charge in [0.25, 0.3) is 0 Å². The van der Waals surface area contributed by atoms with Crippen LogP contribution >= 0.6 is 11.6 Å². The van der Waals surface area contributed by atoms with E-state index in [4.69, 9.17) is 22.1 Å². The van der Waals surface area contributed by atoms with Crippen molar-refractivity contribution in [1.82, 2.24) is 10.3 Å². The summed E-state index contributed by atoms with van der Waals surface area (Å²) in [5.74, 6) is 0. The first-order valence-corrected chi connectivity index (χ1v) is 6.47. The number of nitrogens with one attached hydrogen (secondary N) is 1. The number of ether oxygens (including phenoxy) is 1. The second kappa shape index (κ2) is 6.73. The largest absolute Gasteiger partial charge is 0.444 e. The van der Waals surface area contributed by atoms with Crippen LogP contribution in [0.15, 0.2) is 18.3 Å². The first kappa shape index (κ1) is 15.7. The number of halogens is 1. The summed E-state index contributed by atoms with van der Waals surface area (Å²) in [6, 6.07) is 3.23. The molecule has 6 heteroatoms. The summed E-state index contributed by atoms with van der Waals surface area (Å²) < 4.78 is 5.12. The lowest BCUT2D eigenvalue weighted by Crippen LogP contribution is -2.41. The van der Waals surface area contributed by atoms with Crippen LogP contribution in [-0.2, 0) is 11.2 Å². The van der Waals surface area contributed by atoms with Crippen molar-refractivity contribution in [3.8, 4) is 0 Å². The number of aromatic nitrogens is 1. The molecular formula is C13H20ClN3O2. The Morgan fingerprint density at radius 3 is 2.84 bits per heavy atom. The van der Waals surface area contributed by atoms with Crippen molar-refractivity contribution in [1.29, 1.82) is 0 Å². The van der Waals surface area contributed by atoms with Gasteiger partial charge in [-0.15, -0.1) is 0 Å². The third kappa shape index (κ3) is 6.98. The highest BCUT2D eigenvalue weighted by molar-refractivity contribution is 6.30. The monoisotopic (exact) mass is 285 g/mol. The molecule has 0 radical (unpaired) electrons. The summed E-state index contributed by atoms with van der Waals surface area (Å²) in [7, 11) is 0. The van der Waals surface area contributed by atoms with E-state index in [1.807, 2.05) is 20.8 Å². The third-order valence-corrected chi connectivity index (χ3v) is 2.39. The van der Waals surface area contributed by atoms with Crippen LogP contribution in [0.1, 0.15) is 26.5 Å². The average molecular weight is 286 g/mol. The average Bonchev–Trinajstić information content (AvgIpc) is 2.24. The molecule has 0 saturated heterocycles. The maximum atomic E-state index is 11.4. The second-order valence-electron chi connectivity index (χ2n) is 5.31. The molecule has 5 nitrogen and oxygen atoms in total. The molecule has 1 rings (SSSR count). The van der Waals surface area contributed by atoms with Crippen LogP contribution in [0.4, 0.5) is 4.79 Å². The third-order valence-electron chi connectivity index (χ3n) is 2.16. The maximum absolute atomic E-state index is 11.4. The number of alkyl carbamates (subject to hydrolysis) is 1. The highest BCUT2D eigenvalue weighted by atomic mass is 35.5. The van der Waals surface area contributed by atoms with Crippen LogP contribution in [0.3, 0.4) is 0 Å². The molecular weight excluding hydrogens is 266 g/mol. The molecule has 19 heavy (non-hydrogen) atoms. The number of nitrogens with zero attached hydrogens (tertiary/aromatic N) is 1. The lowest BCUT2D eigenvalue weighted by Gasteiger charge is -2.20. The lowest BCUT2D eigenvalue weighted by atomic mass is 10.1. The molecule has 0 aliphatic carbocycles. The minimum atomic E-state index is -0.511. The van der Waals surface area contributed by atoms with Crippen molar-refractivity contribution in [2.24, 2.45) is 5.73 Å². The topological polar surface area (TPSA) is 77.2 Å².